The molecule has 0 bridgehead atoms. The van der Waals surface area contributed by atoms with Gasteiger partial charge in [0.2, 0.25) is 17.7 Å². The fraction of sp³-hybridized carbons (Fsp3) is 0.533. The molecule has 0 rings (SSSR count). The molecule has 174 valence electrons. The molecule has 0 heterocycles. The first kappa shape index (κ1) is 27.6. The number of carbonyl (C=O) groups is 7. The van der Waals surface area contributed by atoms with Crippen LogP contribution in [0.3, 0.4) is 0 Å². The highest BCUT2D eigenvalue weighted by atomic mass is 32.1. The van der Waals surface area contributed by atoms with Crippen LogP contribution >= 0.6 is 12.6 Å². The topological polar surface area (TPSA) is 263 Å². The molecule has 4 unspecified atom stereocenters. The molecule has 15 nitrogen and oxygen atoms in total. The van der Waals surface area contributed by atoms with Gasteiger partial charge in [0, 0.05) is 5.75 Å². The Bertz CT molecular complexity index is 744. The van der Waals surface area contributed by atoms with E-state index in [0.29, 0.717) is 0 Å². The summed E-state index contributed by atoms with van der Waals surface area (Å²) in [4.78, 5) is 79.8. The van der Waals surface area contributed by atoms with Gasteiger partial charge in [0.25, 0.3) is 0 Å². The molecule has 0 aromatic carbocycles. The Labute approximate surface area is 179 Å². The predicted octanol–water partition coefficient (Wildman–Crippen LogP) is -3.79. The zero-order valence-corrected chi connectivity index (χ0v) is 16.7. The molecule has 0 saturated carbocycles. The fourth-order valence-electron chi connectivity index (χ4n) is 2.06. The Kier molecular flexibility index (Phi) is 11.6. The summed E-state index contributed by atoms with van der Waals surface area (Å²) in [5.74, 6) is -9.96. The predicted molar refractivity (Wildman–Crippen MR) is 102 cm³/mol. The van der Waals surface area contributed by atoms with Gasteiger partial charge in [-0.15, -0.1) is 0 Å². The number of nitrogens with one attached hydrogen (secondary N) is 3. The number of rotatable bonds is 14. The first-order chi connectivity index (χ1) is 14.3. The molecule has 0 aliphatic heterocycles. The Morgan fingerprint density at radius 1 is 0.645 bits per heavy atom. The molecule has 0 aromatic heterocycles. The van der Waals surface area contributed by atoms with E-state index in [0.717, 1.165) is 0 Å². The number of aliphatic carboxylic acids is 4. The molecule has 0 aliphatic rings. The summed E-state index contributed by atoms with van der Waals surface area (Å²) in [6, 6.07) is -6.67. The molecule has 9 N–H and O–H groups in total. The van der Waals surface area contributed by atoms with E-state index in [1.54, 1.807) is 0 Å². The third-order valence-electron chi connectivity index (χ3n) is 3.55. The lowest BCUT2D eigenvalue weighted by Gasteiger charge is -2.23. The van der Waals surface area contributed by atoms with E-state index in [1.807, 2.05) is 10.6 Å². The van der Waals surface area contributed by atoms with Crippen molar-refractivity contribution in [1.82, 2.24) is 16.0 Å². The van der Waals surface area contributed by atoms with Gasteiger partial charge in [0.15, 0.2) is 0 Å². The lowest BCUT2D eigenvalue weighted by molar-refractivity contribution is -0.148. The van der Waals surface area contributed by atoms with E-state index >= 15 is 0 Å². The normalized spacial score (nSPS) is 14.3. The van der Waals surface area contributed by atoms with Crippen molar-refractivity contribution in [2.45, 2.75) is 43.4 Å². The summed E-state index contributed by atoms with van der Waals surface area (Å²) in [5.41, 5.74) is 5.36. The van der Waals surface area contributed by atoms with Gasteiger partial charge in [-0.25, -0.2) is 4.79 Å². The van der Waals surface area contributed by atoms with Crippen LogP contribution in [-0.2, 0) is 33.6 Å². The van der Waals surface area contributed by atoms with Gasteiger partial charge in [0.05, 0.1) is 25.3 Å². The van der Waals surface area contributed by atoms with E-state index in [2.05, 4.69) is 17.9 Å². The first-order valence-electron chi connectivity index (χ1n) is 8.44. The second-order valence-electron chi connectivity index (χ2n) is 6.10. The molecule has 3 amide bonds. The number of thiol groups is 1. The first-order valence-corrected chi connectivity index (χ1v) is 9.07. The van der Waals surface area contributed by atoms with E-state index in [4.69, 9.17) is 26.2 Å². The number of carbonyl (C=O) groups excluding carboxylic acids is 3. The standard InChI is InChI=1S/C15H22N4O11S/c16-5(1-9(20)21)12(26)19-8(4-31)14(28)17-6(2-10(22)23)13(27)18-7(15(29)30)3-11(24)25/h5-8,31H,1-4,16H2,(H,17,28)(H,18,27)(H,19,26)(H,20,21)(H,22,23)(H,24,25)(H,29,30). The number of nitrogens with two attached hydrogens (primary N) is 1. The van der Waals surface area contributed by atoms with Crippen LogP contribution in [0.5, 0.6) is 0 Å². The number of hydrogen-bond donors (Lipinski definition) is 9. The largest absolute Gasteiger partial charge is 0.481 e. The third-order valence-corrected chi connectivity index (χ3v) is 3.92. The SMILES string of the molecule is NC(CC(=O)O)C(=O)NC(CS)C(=O)NC(CC(=O)O)C(=O)NC(CC(=O)O)C(=O)O. The molecule has 0 radical (unpaired) electrons. The van der Waals surface area contributed by atoms with Gasteiger partial charge in [-0.2, -0.15) is 12.6 Å². The Hall–Kier alpha value is -3.40. The van der Waals surface area contributed by atoms with Gasteiger partial charge < -0.3 is 42.1 Å². The summed E-state index contributed by atoms with van der Waals surface area (Å²) in [5, 5.41) is 41.1. The maximum Gasteiger partial charge on any atom is 0.326 e. The van der Waals surface area contributed by atoms with E-state index in [-0.39, 0.29) is 5.75 Å². The van der Waals surface area contributed by atoms with E-state index < -0.39 is 85.0 Å². The summed E-state index contributed by atoms with van der Waals surface area (Å²) >= 11 is 3.84. The van der Waals surface area contributed by atoms with Gasteiger partial charge in [-0.05, 0) is 0 Å². The third kappa shape index (κ3) is 10.8. The average Bonchev–Trinajstić information content (AvgIpc) is 2.62. The van der Waals surface area contributed by atoms with Crippen LogP contribution in [-0.4, -0.2) is 91.9 Å². The van der Waals surface area contributed by atoms with Crippen molar-refractivity contribution in [2.75, 3.05) is 5.75 Å². The zero-order valence-electron chi connectivity index (χ0n) is 15.8. The van der Waals surface area contributed by atoms with Crippen molar-refractivity contribution >= 4 is 54.2 Å². The minimum absolute atomic E-state index is 0.352. The summed E-state index contributed by atoms with van der Waals surface area (Å²) < 4.78 is 0. The van der Waals surface area contributed by atoms with Crippen LogP contribution < -0.4 is 21.7 Å². The van der Waals surface area contributed by atoms with E-state index in [1.165, 1.54) is 0 Å². The van der Waals surface area contributed by atoms with Gasteiger partial charge in [-0.3, -0.25) is 28.8 Å². The molecule has 31 heavy (non-hydrogen) atoms. The minimum atomic E-state index is -1.90. The molecule has 0 aromatic rings. The smallest absolute Gasteiger partial charge is 0.326 e. The zero-order chi connectivity index (χ0) is 24.3. The number of carboxylic acids is 4. The van der Waals surface area contributed by atoms with Crippen molar-refractivity contribution in [3.63, 3.8) is 0 Å². The van der Waals surface area contributed by atoms with Crippen LogP contribution in [0.25, 0.3) is 0 Å². The van der Waals surface area contributed by atoms with Crippen molar-refractivity contribution in [3.05, 3.63) is 0 Å². The molecular formula is C15H22N4O11S. The van der Waals surface area contributed by atoms with Crippen molar-refractivity contribution in [2.24, 2.45) is 5.73 Å². The maximum absolute atomic E-state index is 12.3. The molecule has 0 aliphatic carbocycles. The van der Waals surface area contributed by atoms with E-state index in [9.17, 15) is 33.6 Å². The van der Waals surface area contributed by atoms with Gasteiger partial charge in [0.1, 0.15) is 18.1 Å². The Morgan fingerprint density at radius 3 is 1.45 bits per heavy atom. The van der Waals surface area contributed by atoms with Crippen molar-refractivity contribution in [3.8, 4) is 0 Å². The number of amides is 3. The number of carboxylic acid groups (broad SMARTS) is 4. The lowest BCUT2D eigenvalue weighted by Crippen LogP contribution is -2.58. The number of hydrogen-bond acceptors (Lipinski definition) is 9. The molecule has 0 fully saturated rings. The molecule has 4 atom stereocenters. The second-order valence-corrected chi connectivity index (χ2v) is 6.47. The van der Waals surface area contributed by atoms with Crippen LogP contribution in [0.1, 0.15) is 19.3 Å². The van der Waals surface area contributed by atoms with Crippen LogP contribution in [0.4, 0.5) is 0 Å². The van der Waals surface area contributed by atoms with Crippen molar-refractivity contribution in [1.29, 1.82) is 0 Å². The maximum atomic E-state index is 12.3. The molecule has 16 heteroatoms. The highest BCUT2D eigenvalue weighted by Gasteiger charge is 2.32. The molecule has 0 saturated heterocycles. The second kappa shape index (κ2) is 13.0. The summed E-state index contributed by atoms with van der Waals surface area (Å²) in [6.07, 6.45) is -2.74. The summed E-state index contributed by atoms with van der Waals surface area (Å²) in [7, 11) is 0. The van der Waals surface area contributed by atoms with Crippen molar-refractivity contribution < 1.29 is 54.0 Å². The van der Waals surface area contributed by atoms with Gasteiger partial charge in [-0.1, -0.05) is 0 Å². The highest BCUT2D eigenvalue weighted by molar-refractivity contribution is 7.80. The Morgan fingerprint density at radius 2 is 1.03 bits per heavy atom. The average molecular weight is 466 g/mol. The lowest BCUT2D eigenvalue weighted by atomic mass is 10.1. The van der Waals surface area contributed by atoms with Crippen LogP contribution in [0.15, 0.2) is 0 Å². The van der Waals surface area contributed by atoms with Gasteiger partial charge >= 0.3 is 23.9 Å². The Balaban J connectivity index is 5.32. The summed E-state index contributed by atoms with van der Waals surface area (Å²) in [6.45, 7) is 0. The quantitative estimate of drug-likeness (QED) is 0.112. The minimum Gasteiger partial charge on any atom is -0.481 e. The molecular weight excluding hydrogens is 444 g/mol. The van der Waals surface area contributed by atoms with Crippen LogP contribution in [0.2, 0.25) is 0 Å². The fourth-order valence-corrected chi connectivity index (χ4v) is 2.31. The van der Waals surface area contributed by atoms with Crippen LogP contribution in [0, 0.1) is 0 Å². The molecule has 0 spiro atoms. The monoisotopic (exact) mass is 466 g/mol. The highest BCUT2D eigenvalue weighted by Crippen LogP contribution is 2.01.